The van der Waals surface area contributed by atoms with Gasteiger partial charge in [0.1, 0.15) is 6.26 Å². The number of carbonyl (C=O) groups is 1. The van der Waals surface area contributed by atoms with Crippen LogP contribution >= 0.6 is 7.82 Å². The largest absolute Gasteiger partial charge is 0.471 e. The van der Waals surface area contributed by atoms with Gasteiger partial charge in [0.2, 0.25) is 0 Å². The van der Waals surface area contributed by atoms with Crippen LogP contribution in [-0.4, -0.2) is 16.1 Å². The number of carbonyl (C=O) groups excluding carboxylic acids is 1. The maximum Gasteiger partial charge on any atom is 0.469 e. The van der Waals surface area contributed by atoms with Crippen molar-refractivity contribution in [2.75, 3.05) is 0 Å². The summed E-state index contributed by atoms with van der Waals surface area (Å²) in [6.45, 7) is -0.352. The Labute approximate surface area is 73.4 Å². The number of phosphoric acid groups is 1. The van der Waals surface area contributed by atoms with Crippen molar-refractivity contribution >= 4 is 14.1 Å². The molecule has 0 atom stereocenters. The Hall–Kier alpha value is -0.940. The molecule has 0 amide bonds. The average Bonchev–Trinajstić information content (AvgIpc) is 2.46. The molecule has 1 aromatic rings. The molecule has 0 bridgehead atoms. The maximum atomic E-state index is 10.3. The number of rotatable bonds is 4. The van der Waals surface area contributed by atoms with E-state index in [-0.39, 0.29) is 12.2 Å². The molecule has 13 heavy (non-hydrogen) atoms. The van der Waals surface area contributed by atoms with E-state index in [4.69, 9.17) is 9.79 Å². The first kappa shape index (κ1) is 10.1. The quantitative estimate of drug-likeness (QED) is 0.555. The molecule has 72 valence electrons. The van der Waals surface area contributed by atoms with E-state index in [0.29, 0.717) is 11.8 Å². The second-order valence-electron chi connectivity index (χ2n) is 2.23. The van der Waals surface area contributed by atoms with Crippen molar-refractivity contribution < 1.29 is 28.1 Å². The second kappa shape index (κ2) is 3.85. The zero-order valence-corrected chi connectivity index (χ0v) is 7.31. The Morgan fingerprint density at radius 2 is 2.23 bits per heavy atom. The van der Waals surface area contributed by atoms with E-state index in [2.05, 4.69) is 8.94 Å². The van der Waals surface area contributed by atoms with E-state index < -0.39 is 7.82 Å². The molecule has 0 aliphatic rings. The molecule has 7 heteroatoms. The second-order valence-corrected chi connectivity index (χ2v) is 3.47. The van der Waals surface area contributed by atoms with Gasteiger partial charge in [-0.2, -0.15) is 0 Å². The normalized spacial score (nSPS) is 11.5. The van der Waals surface area contributed by atoms with Crippen molar-refractivity contribution in [2.45, 2.75) is 6.61 Å². The summed E-state index contributed by atoms with van der Waals surface area (Å²) in [6.07, 6.45) is 2.88. The number of hydrogen-bond acceptors (Lipinski definition) is 4. The van der Waals surface area contributed by atoms with Gasteiger partial charge in [-0.25, -0.2) is 4.57 Å². The van der Waals surface area contributed by atoms with Crippen LogP contribution in [0.25, 0.3) is 0 Å². The third kappa shape index (κ3) is 3.12. The zero-order valence-electron chi connectivity index (χ0n) is 6.41. The van der Waals surface area contributed by atoms with Crippen molar-refractivity contribution in [1.29, 1.82) is 0 Å². The van der Waals surface area contributed by atoms with E-state index in [1.165, 1.54) is 12.5 Å². The van der Waals surface area contributed by atoms with Crippen molar-refractivity contribution in [3.63, 3.8) is 0 Å². The minimum Gasteiger partial charge on any atom is -0.471 e. The molecule has 0 spiro atoms. The molecule has 0 aliphatic carbocycles. The minimum atomic E-state index is -4.49. The van der Waals surface area contributed by atoms with Crippen LogP contribution in [0.4, 0.5) is 0 Å². The number of phosphoric ester groups is 1. The molecule has 0 fully saturated rings. The Morgan fingerprint density at radius 1 is 1.54 bits per heavy atom. The lowest BCUT2D eigenvalue weighted by molar-refractivity contribution is 0.111. The summed E-state index contributed by atoms with van der Waals surface area (Å²) in [7, 11) is -4.49. The van der Waals surface area contributed by atoms with E-state index >= 15 is 0 Å². The van der Waals surface area contributed by atoms with Gasteiger partial charge in [-0.3, -0.25) is 9.32 Å². The van der Waals surface area contributed by atoms with Gasteiger partial charge < -0.3 is 14.2 Å². The highest BCUT2D eigenvalue weighted by molar-refractivity contribution is 7.46. The third-order valence-corrected chi connectivity index (χ3v) is 1.76. The van der Waals surface area contributed by atoms with E-state index in [0.717, 1.165) is 0 Å². The zero-order chi connectivity index (χ0) is 9.90. The molecule has 2 N–H and O–H groups in total. The Balaban J connectivity index is 2.64. The molecular formula is C6H7O6P. The van der Waals surface area contributed by atoms with Gasteiger partial charge in [0.25, 0.3) is 0 Å². The standard InChI is InChI=1S/C6H7O6P/c7-1-5-2-11-3-6(5)4-12-13(8,9)10/h1-3H,4H2,(H2,8,9,10). The molecule has 0 aromatic carbocycles. The Bertz CT molecular complexity index is 337. The monoisotopic (exact) mass is 206 g/mol. The summed E-state index contributed by atoms with van der Waals surface area (Å²) in [4.78, 5) is 27.0. The van der Waals surface area contributed by atoms with Crippen molar-refractivity contribution in [1.82, 2.24) is 0 Å². The predicted octanol–water partition coefficient (Wildman–Crippen LogP) is 0.701. The lowest BCUT2D eigenvalue weighted by atomic mass is 10.2. The van der Waals surface area contributed by atoms with Gasteiger partial charge in [-0.05, 0) is 0 Å². The first-order valence-electron chi connectivity index (χ1n) is 3.23. The number of aldehydes is 1. The van der Waals surface area contributed by atoms with Crippen molar-refractivity contribution in [3.8, 4) is 0 Å². The van der Waals surface area contributed by atoms with Crippen molar-refractivity contribution in [3.05, 3.63) is 23.7 Å². The van der Waals surface area contributed by atoms with Crippen LogP contribution in [0.5, 0.6) is 0 Å². The van der Waals surface area contributed by atoms with Crippen LogP contribution in [0, 0.1) is 0 Å². The molecular weight excluding hydrogens is 199 g/mol. The Kier molecular flexibility index (Phi) is 3.00. The molecule has 0 aliphatic heterocycles. The van der Waals surface area contributed by atoms with Crippen LogP contribution < -0.4 is 0 Å². The van der Waals surface area contributed by atoms with Gasteiger partial charge in [0.15, 0.2) is 6.29 Å². The average molecular weight is 206 g/mol. The van der Waals surface area contributed by atoms with E-state index in [1.54, 1.807) is 0 Å². The summed E-state index contributed by atoms with van der Waals surface area (Å²) in [5, 5.41) is 0. The van der Waals surface area contributed by atoms with Crippen molar-refractivity contribution in [2.24, 2.45) is 0 Å². The van der Waals surface area contributed by atoms with Gasteiger partial charge in [-0.1, -0.05) is 0 Å². The summed E-state index contributed by atoms with van der Waals surface area (Å²) in [5.74, 6) is 0. The molecule has 6 nitrogen and oxygen atoms in total. The summed E-state index contributed by atoms with van der Waals surface area (Å²) < 4.78 is 19.1. The highest BCUT2D eigenvalue weighted by atomic mass is 31.2. The SMILES string of the molecule is O=Cc1cocc1COP(=O)(O)O. The first-order chi connectivity index (χ1) is 6.03. The molecule has 1 heterocycles. The predicted molar refractivity (Wildman–Crippen MR) is 40.9 cm³/mol. The van der Waals surface area contributed by atoms with Crippen LogP contribution in [0.3, 0.4) is 0 Å². The molecule has 0 unspecified atom stereocenters. The van der Waals surface area contributed by atoms with Gasteiger partial charge in [0.05, 0.1) is 18.4 Å². The summed E-state index contributed by atoms with van der Waals surface area (Å²) in [6, 6.07) is 0. The fourth-order valence-electron chi connectivity index (χ4n) is 0.708. The molecule has 1 aromatic heterocycles. The van der Waals surface area contributed by atoms with Crippen LogP contribution in [0.1, 0.15) is 15.9 Å². The van der Waals surface area contributed by atoms with Crippen LogP contribution in [0.15, 0.2) is 16.9 Å². The van der Waals surface area contributed by atoms with E-state index in [9.17, 15) is 9.36 Å². The fraction of sp³-hybridized carbons (Fsp3) is 0.167. The topological polar surface area (TPSA) is 97.0 Å². The maximum absolute atomic E-state index is 10.3. The van der Waals surface area contributed by atoms with Gasteiger partial charge >= 0.3 is 7.82 Å². The van der Waals surface area contributed by atoms with Crippen LogP contribution in [0.2, 0.25) is 0 Å². The molecule has 0 saturated heterocycles. The Morgan fingerprint density at radius 3 is 2.77 bits per heavy atom. The summed E-state index contributed by atoms with van der Waals surface area (Å²) in [5.41, 5.74) is 0.520. The lowest BCUT2D eigenvalue weighted by Gasteiger charge is -2.02. The first-order valence-corrected chi connectivity index (χ1v) is 4.76. The molecule has 1 rings (SSSR count). The van der Waals surface area contributed by atoms with Gasteiger partial charge in [-0.15, -0.1) is 0 Å². The number of hydrogen-bond donors (Lipinski definition) is 2. The molecule has 0 saturated carbocycles. The highest BCUT2D eigenvalue weighted by Crippen LogP contribution is 2.37. The van der Waals surface area contributed by atoms with Gasteiger partial charge in [0, 0.05) is 5.56 Å². The third-order valence-electron chi connectivity index (χ3n) is 1.29. The van der Waals surface area contributed by atoms with E-state index in [1.807, 2.05) is 0 Å². The lowest BCUT2D eigenvalue weighted by Crippen LogP contribution is -1.92. The fourth-order valence-corrected chi connectivity index (χ4v) is 1.01. The molecule has 0 radical (unpaired) electrons. The number of furan rings is 1. The minimum absolute atomic E-state index is 0.216. The highest BCUT2D eigenvalue weighted by Gasteiger charge is 2.15. The summed E-state index contributed by atoms with van der Waals surface area (Å²) >= 11 is 0. The smallest absolute Gasteiger partial charge is 0.469 e. The van der Waals surface area contributed by atoms with Crippen LogP contribution in [-0.2, 0) is 15.7 Å².